The maximum Gasteiger partial charge on any atom is 0.127 e. The van der Waals surface area contributed by atoms with Crippen LogP contribution in [0.4, 0.5) is 4.39 Å². The lowest BCUT2D eigenvalue weighted by Gasteiger charge is -2.23. The summed E-state index contributed by atoms with van der Waals surface area (Å²) >= 11 is 0. The average Bonchev–Trinajstić information content (AvgIpc) is 2.68. The minimum absolute atomic E-state index is 0.100. The minimum atomic E-state index is -0.100. The van der Waals surface area contributed by atoms with Crippen LogP contribution < -0.4 is 5.32 Å². The second-order valence-electron chi connectivity index (χ2n) is 5.18. The average molecular weight is 236 g/mol. The van der Waals surface area contributed by atoms with Crippen molar-refractivity contribution in [2.45, 2.75) is 13.5 Å². The Balaban J connectivity index is 1.89. The van der Waals surface area contributed by atoms with E-state index in [0.717, 1.165) is 31.1 Å². The second kappa shape index (κ2) is 5.61. The summed E-state index contributed by atoms with van der Waals surface area (Å²) in [6.45, 7) is 6.20. The SMILES string of the molecule is C[C@@H]1CNC[C@H]1CN(C)Cc1ccccc1F. The highest BCUT2D eigenvalue weighted by Crippen LogP contribution is 2.18. The van der Waals surface area contributed by atoms with Crippen molar-refractivity contribution in [1.82, 2.24) is 10.2 Å². The van der Waals surface area contributed by atoms with Gasteiger partial charge in [-0.2, -0.15) is 0 Å². The summed E-state index contributed by atoms with van der Waals surface area (Å²) in [7, 11) is 2.07. The molecule has 3 heteroatoms. The Hall–Kier alpha value is -0.930. The Bertz CT molecular complexity index is 367. The molecule has 1 N–H and O–H groups in total. The van der Waals surface area contributed by atoms with Crippen molar-refractivity contribution in [3.05, 3.63) is 35.6 Å². The van der Waals surface area contributed by atoms with Crippen LogP contribution in [0, 0.1) is 17.7 Å². The summed E-state index contributed by atoms with van der Waals surface area (Å²) in [5.74, 6) is 1.31. The molecule has 2 rings (SSSR count). The number of rotatable bonds is 4. The molecule has 1 aromatic carbocycles. The molecule has 94 valence electrons. The highest BCUT2D eigenvalue weighted by molar-refractivity contribution is 5.16. The summed E-state index contributed by atoms with van der Waals surface area (Å²) in [6, 6.07) is 7.03. The molecular formula is C14H21FN2. The van der Waals surface area contributed by atoms with E-state index in [1.54, 1.807) is 6.07 Å². The predicted molar refractivity (Wildman–Crippen MR) is 68.3 cm³/mol. The third kappa shape index (κ3) is 3.27. The van der Waals surface area contributed by atoms with E-state index >= 15 is 0 Å². The normalized spacial score (nSPS) is 24.5. The highest BCUT2D eigenvalue weighted by Gasteiger charge is 2.24. The molecule has 0 unspecified atom stereocenters. The molecule has 0 spiro atoms. The van der Waals surface area contributed by atoms with Gasteiger partial charge in [-0.25, -0.2) is 4.39 Å². The van der Waals surface area contributed by atoms with Gasteiger partial charge in [0.15, 0.2) is 0 Å². The maximum absolute atomic E-state index is 13.5. The fourth-order valence-corrected chi connectivity index (χ4v) is 2.49. The van der Waals surface area contributed by atoms with E-state index in [4.69, 9.17) is 0 Å². The summed E-state index contributed by atoms with van der Waals surface area (Å²) in [6.07, 6.45) is 0. The van der Waals surface area contributed by atoms with Gasteiger partial charge in [-0.05, 0) is 38.0 Å². The summed E-state index contributed by atoms with van der Waals surface area (Å²) in [5, 5.41) is 3.40. The van der Waals surface area contributed by atoms with Crippen LogP contribution in [0.5, 0.6) is 0 Å². The van der Waals surface area contributed by atoms with Crippen LogP contribution in [0.2, 0.25) is 0 Å². The van der Waals surface area contributed by atoms with Crippen LogP contribution in [0.25, 0.3) is 0 Å². The predicted octanol–water partition coefficient (Wildman–Crippen LogP) is 2.11. The van der Waals surface area contributed by atoms with E-state index in [2.05, 4.69) is 24.2 Å². The third-order valence-corrected chi connectivity index (χ3v) is 3.62. The van der Waals surface area contributed by atoms with Crippen LogP contribution in [0.3, 0.4) is 0 Å². The molecule has 2 nitrogen and oxygen atoms in total. The van der Waals surface area contributed by atoms with E-state index in [1.807, 2.05) is 12.1 Å². The van der Waals surface area contributed by atoms with Gasteiger partial charge >= 0.3 is 0 Å². The van der Waals surface area contributed by atoms with Crippen molar-refractivity contribution in [1.29, 1.82) is 0 Å². The van der Waals surface area contributed by atoms with Crippen molar-refractivity contribution < 1.29 is 4.39 Å². The summed E-state index contributed by atoms with van der Waals surface area (Å²) < 4.78 is 13.5. The molecule has 0 bridgehead atoms. The quantitative estimate of drug-likeness (QED) is 0.861. The zero-order valence-corrected chi connectivity index (χ0v) is 10.6. The van der Waals surface area contributed by atoms with Crippen LogP contribution in [-0.2, 0) is 6.54 Å². The number of nitrogens with zero attached hydrogens (tertiary/aromatic N) is 1. The molecule has 1 heterocycles. The van der Waals surface area contributed by atoms with E-state index in [-0.39, 0.29) is 5.82 Å². The smallest absolute Gasteiger partial charge is 0.127 e. The number of benzene rings is 1. The van der Waals surface area contributed by atoms with Crippen molar-refractivity contribution >= 4 is 0 Å². The zero-order valence-electron chi connectivity index (χ0n) is 10.6. The van der Waals surface area contributed by atoms with Crippen molar-refractivity contribution in [3.63, 3.8) is 0 Å². The number of nitrogens with one attached hydrogen (secondary N) is 1. The standard InChI is InChI=1S/C14H21FN2/c1-11-7-16-8-13(11)10-17(2)9-12-5-3-4-6-14(12)15/h3-6,11,13,16H,7-10H2,1-2H3/t11-,13+/m1/s1. The molecule has 1 aliphatic heterocycles. The molecule has 0 saturated carbocycles. The molecule has 1 fully saturated rings. The minimum Gasteiger partial charge on any atom is -0.316 e. The van der Waals surface area contributed by atoms with Gasteiger partial charge in [-0.15, -0.1) is 0 Å². The lowest BCUT2D eigenvalue weighted by molar-refractivity contribution is 0.250. The van der Waals surface area contributed by atoms with Gasteiger partial charge in [0.25, 0.3) is 0 Å². The molecule has 0 amide bonds. The number of halogens is 1. The maximum atomic E-state index is 13.5. The third-order valence-electron chi connectivity index (χ3n) is 3.62. The molecule has 0 aliphatic carbocycles. The fraction of sp³-hybridized carbons (Fsp3) is 0.571. The molecule has 0 aromatic heterocycles. The molecule has 2 atom stereocenters. The monoisotopic (exact) mass is 236 g/mol. The van der Waals surface area contributed by atoms with Crippen molar-refractivity contribution in [3.8, 4) is 0 Å². The van der Waals surface area contributed by atoms with Crippen LogP contribution >= 0.6 is 0 Å². The van der Waals surface area contributed by atoms with Crippen LogP contribution in [0.1, 0.15) is 12.5 Å². The van der Waals surface area contributed by atoms with Gasteiger partial charge < -0.3 is 10.2 Å². The first-order valence-electron chi connectivity index (χ1n) is 6.29. The largest absolute Gasteiger partial charge is 0.316 e. The molecule has 1 aromatic rings. The van der Waals surface area contributed by atoms with Gasteiger partial charge in [0, 0.05) is 18.7 Å². The van der Waals surface area contributed by atoms with Gasteiger partial charge in [0.1, 0.15) is 5.82 Å². The van der Waals surface area contributed by atoms with E-state index in [1.165, 1.54) is 6.07 Å². The van der Waals surface area contributed by atoms with Gasteiger partial charge in [0.05, 0.1) is 0 Å². The van der Waals surface area contributed by atoms with E-state index < -0.39 is 0 Å². The summed E-state index contributed by atoms with van der Waals surface area (Å²) in [4.78, 5) is 2.21. The zero-order chi connectivity index (χ0) is 12.3. The summed E-state index contributed by atoms with van der Waals surface area (Å²) in [5.41, 5.74) is 0.786. The Morgan fingerprint density at radius 3 is 2.76 bits per heavy atom. The molecule has 0 radical (unpaired) electrons. The Morgan fingerprint density at radius 1 is 1.35 bits per heavy atom. The number of hydrogen-bond acceptors (Lipinski definition) is 2. The Morgan fingerprint density at radius 2 is 2.12 bits per heavy atom. The van der Waals surface area contributed by atoms with Crippen molar-refractivity contribution in [2.75, 3.05) is 26.7 Å². The first-order chi connectivity index (χ1) is 8.16. The topological polar surface area (TPSA) is 15.3 Å². The van der Waals surface area contributed by atoms with Crippen LogP contribution in [0.15, 0.2) is 24.3 Å². The lowest BCUT2D eigenvalue weighted by Crippen LogP contribution is -2.29. The van der Waals surface area contributed by atoms with Gasteiger partial charge in [-0.1, -0.05) is 25.1 Å². The lowest BCUT2D eigenvalue weighted by atomic mass is 9.97. The highest BCUT2D eigenvalue weighted by atomic mass is 19.1. The fourth-order valence-electron chi connectivity index (χ4n) is 2.49. The first kappa shape index (κ1) is 12.5. The Kier molecular flexibility index (Phi) is 4.13. The number of hydrogen-bond donors (Lipinski definition) is 1. The van der Waals surface area contributed by atoms with Gasteiger partial charge in [0.2, 0.25) is 0 Å². The second-order valence-corrected chi connectivity index (χ2v) is 5.18. The first-order valence-corrected chi connectivity index (χ1v) is 6.29. The molecule has 1 aliphatic rings. The molecule has 1 saturated heterocycles. The van der Waals surface area contributed by atoms with E-state index in [9.17, 15) is 4.39 Å². The molecule has 17 heavy (non-hydrogen) atoms. The molecular weight excluding hydrogens is 215 g/mol. The van der Waals surface area contributed by atoms with Gasteiger partial charge in [-0.3, -0.25) is 0 Å². The van der Waals surface area contributed by atoms with Crippen molar-refractivity contribution in [2.24, 2.45) is 11.8 Å². The Labute approximate surface area is 103 Å². The van der Waals surface area contributed by atoms with Crippen LogP contribution in [-0.4, -0.2) is 31.6 Å². The van der Waals surface area contributed by atoms with E-state index in [0.29, 0.717) is 12.5 Å².